The van der Waals surface area contributed by atoms with Crippen molar-refractivity contribution >= 4 is 11.4 Å². The number of nitrogens with zero attached hydrogens (tertiary/aromatic N) is 3. The Kier molecular flexibility index (Phi) is 3.32. The van der Waals surface area contributed by atoms with Gasteiger partial charge in [0.25, 0.3) is 0 Å². The number of aryl methyl sites for hydroxylation is 1. The van der Waals surface area contributed by atoms with Crippen molar-refractivity contribution in [3.63, 3.8) is 0 Å². The van der Waals surface area contributed by atoms with Crippen LogP contribution < -0.4 is 15.4 Å². The summed E-state index contributed by atoms with van der Waals surface area (Å²) in [7, 11) is 3.92. The van der Waals surface area contributed by atoms with E-state index in [1.165, 1.54) is 0 Å². The normalized spacial score (nSPS) is 10.2. The van der Waals surface area contributed by atoms with E-state index in [1.807, 2.05) is 50.2 Å². The van der Waals surface area contributed by atoms with Gasteiger partial charge in [-0.25, -0.2) is 0 Å². The van der Waals surface area contributed by atoms with E-state index in [2.05, 4.69) is 10.2 Å². The van der Waals surface area contributed by atoms with Gasteiger partial charge in [-0.15, -0.1) is 5.10 Å². The summed E-state index contributed by atoms with van der Waals surface area (Å²) in [5.41, 5.74) is 8.46. The summed E-state index contributed by atoms with van der Waals surface area (Å²) in [6.45, 7) is 1.93. The summed E-state index contributed by atoms with van der Waals surface area (Å²) in [6, 6.07) is 7.44. The molecule has 0 aliphatic rings. The molecule has 0 atom stereocenters. The predicted molar refractivity (Wildman–Crippen MR) is 72.0 cm³/mol. The molecule has 0 aliphatic heterocycles. The molecule has 0 aliphatic carbocycles. The fourth-order valence-electron chi connectivity index (χ4n) is 1.49. The first-order chi connectivity index (χ1) is 8.56. The molecule has 0 amide bonds. The third kappa shape index (κ3) is 2.68. The van der Waals surface area contributed by atoms with E-state index in [4.69, 9.17) is 10.5 Å². The number of rotatable bonds is 3. The zero-order valence-electron chi connectivity index (χ0n) is 10.7. The second kappa shape index (κ2) is 4.91. The van der Waals surface area contributed by atoms with E-state index in [-0.39, 0.29) is 0 Å². The Bertz CT molecular complexity index is 554. The highest BCUT2D eigenvalue weighted by atomic mass is 16.5. The number of aromatic nitrogens is 2. The summed E-state index contributed by atoms with van der Waals surface area (Å²) in [5.74, 6) is 1.03. The highest BCUT2D eigenvalue weighted by Crippen LogP contribution is 2.30. The predicted octanol–water partition coefficient (Wildman–Crippen LogP) is 2.23. The molecule has 0 spiro atoms. The van der Waals surface area contributed by atoms with E-state index < -0.39 is 0 Å². The van der Waals surface area contributed by atoms with Crippen molar-refractivity contribution in [2.24, 2.45) is 0 Å². The number of nitrogens with two attached hydrogens (primary N) is 1. The van der Waals surface area contributed by atoms with Crippen molar-refractivity contribution in [3.05, 3.63) is 36.0 Å². The average molecular weight is 244 g/mol. The average Bonchev–Trinajstić information content (AvgIpc) is 2.31. The molecule has 94 valence electrons. The Balaban J connectivity index is 2.30. The van der Waals surface area contributed by atoms with Crippen molar-refractivity contribution in [2.75, 3.05) is 24.7 Å². The van der Waals surface area contributed by atoms with Crippen LogP contribution in [0.4, 0.5) is 11.4 Å². The van der Waals surface area contributed by atoms with Crippen LogP contribution in [0.1, 0.15) is 5.56 Å². The Morgan fingerprint density at radius 1 is 1.22 bits per heavy atom. The summed E-state index contributed by atoms with van der Waals surface area (Å²) in [6.07, 6.45) is 1.67. The second-order valence-electron chi connectivity index (χ2n) is 4.29. The number of benzene rings is 1. The van der Waals surface area contributed by atoms with Gasteiger partial charge in [-0.2, -0.15) is 5.10 Å². The second-order valence-corrected chi connectivity index (χ2v) is 4.29. The first-order valence-electron chi connectivity index (χ1n) is 5.60. The fraction of sp³-hybridized carbons (Fsp3) is 0.231. The minimum atomic E-state index is 0.442. The van der Waals surface area contributed by atoms with E-state index in [0.29, 0.717) is 17.3 Å². The van der Waals surface area contributed by atoms with Crippen LogP contribution in [0.2, 0.25) is 0 Å². The van der Waals surface area contributed by atoms with Gasteiger partial charge in [0.2, 0.25) is 5.88 Å². The lowest BCUT2D eigenvalue weighted by Gasteiger charge is -2.15. The molecule has 0 fully saturated rings. The summed E-state index contributed by atoms with van der Waals surface area (Å²) in [5, 5.41) is 7.75. The standard InChI is InChI=1S/C13H16N4O/c1-9-6-13(16-15-8-9)18-12-7-10(17(2)3)4-5-11(12)14/h4-8H,14H2,1-3H3. The van der Waals surface area contributed by atoms with Crippen molar-refractivity contribution in [2.45, 2.75) is 6.92 Å². The van der Waals surface area contributed by atoms with Crippen LogP contribution >= 0.6 is 0 Å². The molecule has 0 unspecified atom stereocenters. The quantitative estimate of drug-likeness (QED) is 0.839. The van der Waals surface area contributed by atoms with Crippen LogP contribution in [0.5, 0.6) is 11.6 Å². The summed E-state index contributed by atoms with van der Waals surface area (Å²) in [4.78, 5) is 1.98. The largest absolute Gasteiger partial charge is 0.435 e. The van der Waals surface area contributed by atoms with Gasteiger partial charge in [-0.1, -0.05) is 0 Å². The van der Waals surface area contributed by atoms with Crippen LogP contribution in [-0.2, 0) is 0 Å². The topological polar surface area (TPSA) is 64.3 Å². The third-order valence-corrected chi connectivity index (χ3v) is 2.50. The van der Waals surface area contributed by atoms with Gasteiger partial charge in [-0.3, -0.25) is 0 Å². The molecule has 2 N–H and O–H groups in total. The molecular weight excluding hydrogens is 228 g/mol. The van der Waals surface area contributed by atoms with Gasteiger partial charge in [0.1, 0.15) is 0 Å². The molecule has 2 aromatic rings. The van der Waals surface area contributed by atoms with Gasteiger partial charge in [0, 0.05) is 31.9 Å². The molecular formula is C13H16N4O. The third-order valence-electron chi connectivity index (χ3n) is 2.50. The minimum Gasteiger partial charge on any atom is -0.435 e. The van der Waals surface area contributed by atoms with Gasteiger partial charge < -0.3 is 15.4 Å². The molecule has 2 rings (SSSR count). The summed E-state index contributed by atoms with van der Waals surface area (Å²) >= 11 is 0. The van der Waals surface area contributed by atoms with Gasteiger partial charge in [-0.05, 0) is 24.6 Å². The summed E-state index contributed by atoms with van der Waals surface area (Å²) < 4.78 is 5.66. The minimum absolute atomic E-state index is 0.442. The van der Waals surface area contributed by atoms with Gasteiger partial charge in [0.05, 0.1) is 11.9 Å². The highest BCUT2D eigenvalue weighted by molar-refractivity contribution is 5.62. The van der Waals surface area contributed by atoms with Crippen LogP contribution in [0.15, 0.2) is 30.5 Å². The monoisotopic (exact) mass is 244 g/mol. The van der Waals surface area contributed by atoms with Crippen LogP contribution in [0.25, 0.3) is 0 Å². The van der Waals surface area contributed by atoms with E-state index in [1.54, 1.807) is 6.20 Å². The first kappa shape index (κ1) is 12.2. The smallest absolute Gasteiger partial charge is 0.239 e. The number of nitrogen functional groups attached to an aromatic ring is 1. The lowest BCUT2D eigenvalue weighted by molar-refractivity contribution is 0.457. The van der Waals surface area contributed by atoms with Crippen molar-refractivity contribution < 1.29 is 4.74 Å². The van der Waals surface area contributed by atoms with E-state index in [9.17, 15) is 0 Å². The van der Waals surface area contributed by atoms with E-state index in [0.717, 1.165) is 11.3 Å². The highest BCUT2D eigenvalue weighted by Gasteiger charge is 2.06. The van der Waals surface area contributed by atoms with Crippen LogP contribution in [0, 0.1) is 6.92 Å². The molecule has 0 radical (unpaired) electrons. The molecule has 5 nitrogen and oxygen atoms in total. The number of hydrogen-bond donors (Lipinski definition) is 1. The lowest BCUT2D eigenvalue weighted by atomic mass is 10.2. The molecule has 1 aromatic heterocycles. The molecule has 1 heterocycles. The number of anilines is 2. The van der Waals surface area contributed by atoms with Crippen LogP contribution in [-0.4, -0.2) is 24.3 Å². The van der Waals surface area contributed by atoms with Crippen molar-refractivity contribution in [3.8, 4) is 11.6 Å². The maximum atomic E-state index is 5.88. The first-order valence-corrected chi connectivity index (χ1v) is 5.60. The molecule has 5 heteroatoms. The number of ether oxygens (including phenoxy) is 1. The molecule has 0 bridgehead atoms. The molecule has 18 heavy (non-hydrogen) atoms. The zero-order valence-corrected chi connectivity index (χ0v) is 10.7. The maximum absolute atomic E-state index is 5.88. The van der Waals surface area contributed by atoms with Gasteiger partial charge >= 0.3 is 0 Å². The maximum Gasteiger partial charge on any atom is 0.239 e. The molecule has 0 saturated heterocycles. The fourth-order valence-corrected chi connectivity index (χ4v) is 1.49. The zero-order chi connectivity index (χ0) is 13.1. The Morgan fingerprint density at radius 3 is 2.67 bits per heavy atom. The van der Waals surface area contributed by atoms with Crippen molar-refractivity contribution in [1.82, 2.24) is 10.2 Å². The Morgan fingerprint density at radius 2 is 2.00 bits per heavy atom. The number of hydrogen-bond acceptors (Lipinski definition) is 5. The van der Waals surface area contributed by atoms with Crippen molar-refractivity contribution in [1.29, 1.82) is 0 Å². The molecule has 1 aromatic carbocycles. The lowest BCUT2D eigenvalue weighted by Crippen LogP contribution is -2.08. The Labute approximate surface area is 106 Å². The van der Waals surface area contributed by atoms with Gasteiger partial charge in [0.15, 0.2) is 5.75 Å². The Hall–Kier alpha value is -2.30. The SMILES string of the molecule is Cc1cnnc(Oc2cc(N(C)C)ccc2N)c1. The molecule has 0 saturated carbocycles. The van der Waals surface area contributed by atoms with E-state index >= 15 is 0 Å². The van der Waals surface area contributed by atoms with Crippen LogP contribution in [0.3, 0.4) is 0 Å².